The van der Waals surface area contributed by atoms with Crippen LogP contribution >= 0.6 is 22.6 Å². The fourth-order valence-corrected chi connectivity index (χ4v) is 3.00. The zero-order chi connectivity index (χ0) is 11.5. The van der Waals surface area contributed by atoms with Gasteiger partial charge in [-0.2, -0.15) is 0 Å². The molecule has 1 amide bonds. The predicted octanol–water partition coefficient (Wildman–Crippen LogP) is 1.16. The van der Waals surface area contributed by atoms with Crippen LogP contribution < -0.4 is 5.32 Å². The van der Waals surface area contributed by atoms with Gasteiger partial charge in [0.1, 0.15) is 0 Å². The number of nitrogens with one attached hydrogen (secondary N) is 1. The third-order valence-electron chi connectivity index (χ3n) is 3.67. The van der Waals surface area contributed by atoms with Gasteiger partial charge in [-0.1, -0.05) is 0 Å². The second-order valence-electron chi connectivity index (χ2n) is 5.06. The molecule has 4 nitrogen and oxygen atoms in total. The van der Waals surface area contributed by atoms with Crippen molar-refractivity contribution in [3.8, 4) is 0 Å². The third kappa shape index (κ3) is 3.56. The summed E-state index contributed by atoms with van der Waals surface area (Å²) >= 11 is 1.81. The zero-order valence-corrected chi connectivity index (χ0v) is 11.9. The van der Waals surface area contributed by atoms with E-state index >= 15 is 0 Å². The van der Waals surface area contributed by atoms with Crippen LogP contribution in [0, 0.1) is 5.92 Å². The van der Waals surface area contributed by atoms with E-state index in [9.17, 15) is 4.79 Å². The molecule has 1 N–H and O–H groups in total. The number of amides is 1. The van der Waals surface area contributed by atoms with Crippen LogP contribution in [-0.4, -0.2) is 59.5 Å². The standard InChI is InChI=1S/C11H20IN3O/c1-14-2-4-15(5-3-14)8-9-6-10(7-9)13-11(12)16/h9-10H,2-8H2,1H3,(H,13,16)/t9-,10-. The van der Waals surface area contributed by atoms with E-state index in [0.29, 0.717) is 6.04 Å². The maximum absolute atomic E-state index is 10.8. The number of likely N-dealkylation sites (N-methyl/N-ethyl adjacent to an activating group) is 1. The fraction of sp³-hybridized carbons (Fsp3) is 0.909. The molecule has 16 heavy (non-hydrogen) atoms. The van der Waals surface area contributed by atoms with Gasteiger partial charge in [-0.25, -0.2) is 0 Å². The molecule has 0 aromatic heterocycles. The Kier molecular flexibility index (Phi) is 4.43. The van der Waals surface area contributed by atoms with E-state index < -0.39 is 0 Å². The highest BCUT2D eigenvalue weighted by Crippen LogP contribution is 2.28. The topological polar surface area (TPSA) is 35.6 Å². The minimum atomic E-state index is 0.0839. The van der Waals surface area contributed by atoms with Gasteiger partial charge >= 0.3 is 0 Å². The summed E-state index contributed by atoms with van der Waals surface area (Å²) in [7, 11) is 2.19. The number of hydrogen-bond donors (Lipinski definition) is 1. The molecule has 0 aromatic carbocycles. The molecular formula is C11H20IN3O. The molecule has 2 aliphatic rings. The molecule has 92 valence electrons. The van der Waals surface area contributed by atoms with Crippen molar-refractivity contribution in [2.24, 2.45) is 5.92 Å². The van der Waals surface area contributed by atoms with Crippen molar-refractivity contribution >= 4 is 26.5 Å². The molecule has 2 rings (SSSR count). The molecule has 0 aromatic rings. The van der Waals surface area contributed by atoms with Crippen LogP contribution in [0.4, 0.5) is 4.79 Å². The highest BCUT2D eigenvalue weighted by atomic mass is 127. The molecule has 0 atom stereocenters. The van der Waals surface area contributed by atoms with Gasteiger partial charge in [0.25, 0.3) is 3.91 Å². The van der Waals surface area contributed by atoms with E-state index in [1.807, 2.05) is 22.6 Å². The Labute approximate surface area is 111 Å². The SMILES string of the molecule is CN1CCN(C[C@H]2C[C@H](NC(=O)I)C2)CC1. The Hall–Kier alpha value is 0.120. The highest BCUT2D eigenvalue weighted by Gasteiger charge is 2.31. The minimum Gasteiger partial charge on any atom is -0.345 e. The van der Waals surface area contributed by atoms with Gasteiger partial charge in [0.05, 0.1) is 0 Å². The molecule has 0 bridgehead atoms. The van der Waals surface area contributed by atoms with E-state index in [1.165, 1.54) is 45.6 Å². The highest BCUT2D eigenvalue weighted by molar-refractivity contribution is 14.1. The van der Waals surface area contributed by atoms with Gasteiger partial charge in [0, 0.05) is 61.4 Å². The molecule has 1 aliphatic carbocycles. The average molecular weight is 337 g/mol. The largest absolute Gasteiger partial charge is 0.345 e. The number of hydrogen-bond acceptors (Lipinski definition) is 3. The molecular weight excluding hydrogens is 317 g/mol. The summed E-state index contributed by atoms with van der Waals surface area (Å²) in [6.45, 7) is 6.02. The van der Waals surface area contributed by atoms with Crippen LogP contribution in [-0.2, 0) is 0 Å². The summed E-state index contributed by atoms with van der Waals surface area (Å²) in [6, 6.07) is 0.446. The van der Waals surface area contributed by atoms with Crippen LogP contribution in [0.1, 0.15) is 12.8 Å². The fourth-order valence-electron chi connectivity index (χ4n) is 2.56. The van der Waals surface area contributed by atoms with E-state index in [2.05, 4.69) is 22.2 Å². The molecule has 0 unspecified atom stereocenters. The van der Waals surface area contributed by atoms with Crippen molar-refractivity contribution < 1.29 is 4.79 Å². The van der Waals surface area contributed by atoms with Crippen LogP contribution in [0.25, 0.3) is 0 Å². The van der Waals surface area contributed by atoms with E-state index in [1.54, 1.807) is 0 Å². The van der Waals surface area contributed by atoms with Crippen LogP contribution in [0.15, 0.2) is 0 Å². The lowest BCUT2D eigenvalue weighted by atomic mass is 9.80. The minimum absolute atomic E-state index is 0.0839. The number of nitrogens with zero attached hydrogens (tertiary/aromatic N) is 2. The molecule has 0 radical (unpaired) electrons. The van der Waals surface area contributed by atoms with Crippen LogP contribution in [0.5, 0.6) is 0 Å². The number of rotatable bonds is 3. The lowest BCUT2D eigenvalue weighted by Crippen LogP contribution is -2.50. The first-order valence-electron chi connectivity index (χ1n) is 6.00. The first-order chi connectivity index (χ1) is 7.63. The smallest absolute Gasteiger partial charge is 0.280 e. The number of carbonyl (C=O) groups is 1. The van der Waals surface area contributed by atoms with Crippen molar-refractivity contribution in [1.29, 1.82) is 0 Å². The van der Waals surface area contributed by atoms with Gasteiger partial charge in [0.15, 0.2) is 0 Å². The molecule has 1 saturated heterocycles. The normalized spacial score (nSPS) is 32.1. The van der Waals surface area contributed by atoms with Crippen molar-refractivity contribution in [2.75, 3.05) is 39.8 Å². The Morgan fingerprint density at radius 1 is 1.31 bits per heavy atom. The summed E-state index contributed by atoms with van der Waals surface area (Å²) in [5.41, 5.74) is 0. The average Bonchev–Trinajstić information content (AvgIpc) is 2.17. The molecule has 2 fully saturated rings. The summed E-state index contributed by atoms with van der Waals surface area (Å²) < 4.78 is 0.0839. The van der Waals surface area contributed by atoms with Crippen LogP contribution in [0.3, 0.4) is 0 Å². The van der Waals surface area contributed by atoms with Crippen molar-refractivity contribution in [1.82, 2.24) is 15.1 Å². The van der Waals surface area contributed by atoms with E-state index in [-0.39, 0.29) is 3.91 Å². The van der Waals surface area contributed by atoms with Gasteiger partial charge in [-0.05, 0) is 25.8 Å². The van der Waals surface area contributed by atoms with Crippen molar-refractivity contribution in [3.63, 3.8) is 0 Å². The molecule has 1 aliphatic heterocycles. The van der Waals surface area contributed by atoms with E-state index in [4.69, 9.17) is 0 Å². The molecule has 1 saturated carbocycles. The molecule has 1 heterocycles. The Bertz CT molecular complexity index is 248. The molecule has 5 heteroatoms. The van der Waals surface area contributed by atoms with Gasteiger partial charge in [-0.15, -0.1) is 0 Å². The van der Waals surface area contributed by atoms with Crippen LogP contribution in [0.2, 0.25) is 0 Å². The summed E-state index contributed by atoms with van der Waals surface area (Å²) in [6.07, 6.45) is 2.34. The quantitative estimate of drug-likeness (QED) is 0.477. The lowest BCUT2D eigenvalue weighted by Gasteiger charge is -2.41. The number of carbonyl (C=O) groups excluding carboxylic acids is 1. The lowest BCUT2D eigenvalue weighted by molar-refractivity contribution is 0.102. The monoisotopic (exact) mass is 337 g/mol. The number of halogens is 1. The van der Waals surface area contributed by atoms with Gasteiger partial charge in [-0.3, -0.25) is 4.79 Å². The first kappa shape index (κ1) is 12.6. The summed E-state index contributed by atoms with van der Waals surface area (Å²) in [5, 5.41) is 2.97. The summed E-state index contributed by atoms with van der Waals surface area (Å²) in [4.78, 5) is 15.8. The number of piperazine rings is 1. The second kappa shape index (κ2) is 5.64. The predicted molar refractivity (Wildman–Crippen MR) is 73.0 cm³/mol. The first-order valence-corrected chi connectivity index (χ1v) is 7.08. The zero-order valence-electron chi connectivity index (χ0n) is 9.79. The van der Waals surface area contributed by atoms with Gasteiger partial charge < -0.3 is 15.1 Å². The Balaban J connectivity index is 1.60. The maximum atomic E-state index is 10.8. The maximum Gasteiger partial charge on any atom is 0.280 e. The Morgan fingerprint density at radius 2 is 1.94 bits per heavy atom. The Morgan fingerprint density at radius 3 is 2.50 bits per heavy atom. The summed E-state index contributed by atoms with van der Waals surface area (Å²) in [5.74, 6) is 0.802. The second-order valence-corrected chi connectivity index (χ2v) is 6.04. The van der Waals surface area contributed by atoms with E-state index in [0.717, 1.165) is 5.92 Å². The van der Waals surface area contributed by atoms with Gasteiger partial charge in [0.2, 0.25) is 0 Å². The third-order valence-corrected chi connectivity index (χ3v) is 3.98. The van der Waals surface area contributed by atoms with Crippen molar-refractivity contribution in [3.05, 3.63) is 0 Å². The molecule has 0 spiro atoms. The van der Waals surface area contributed by atoms with Crippen molar-refractivity contribution in [2.45, 2.75) is 18.9 Å².